The maximum Gasteiger partial charge on any atom is 0.253 e. The summed E-state index contributed by atoms with van der Waals surface area (Å²) >= 11 is 3.32. The van der Waals surface area contributed by atoms with Crippen LogP contribution in [-0.4, -0.2) is 32.8 Å². The van der Waals surface area contributed by atoms with Crippen LogP contribution in [0.25, 0.3) is 11.0 Å². The molecule has 1 aromatic heterocycles. The first-order valence-electron chi connectivity index (χ1n) is 7.52. The molecular weight excluding hydrogens is 375 g/mol. The first kappa shape index (κ1) is 16.6. The van der Waals surface area contributed by atoms with Crippen molar-refractivity contribution in [2.75, 3.05) is 7.05 Å². The fourth-order valence-corrected chi connectivity index (χ4v) is 2.96. The van der Waals surface area contributed by atoms with Crippen molar-refractivity contribution in [2.45, 2.75) is 20.0 Å². The lowest BCUT2D eigenvalue weighted by Gasteiger charge is -2.18. The molecule has 1 heterocycles. The molecule has 0 radical (unpaired) electrons. The zero-order chi connectivity index (χ0) is 17.3. The lowest BCUT2D eigenvalue weighted by molar-refractivity contribution is 0.0784. The Morgan fingerprint density at radius 2 is 2.08 bits per heavy atom. The van der Waals surface area contributed by atoms with Gasteiger partial charge in [-0.1, -0.05) is 21.1 Å². The van der Waals surface area contributed by atoms with Gasteiger partial charge in [0.15, 0.2) is 0 Å². The number of amides is 1. The number of nitrogens with zero attached hydrogens (tertiary/aromatic N) is 4. The third-order valence-electron chi connectivity index (χ3n) is 3.82. The van der Waals surface area contributed by atoms with E-state index < -0.39 is 0 Å². The van der Waals surface area contributed by atoms with E-state index in [1.165, 1.54) is 11.0 Å². The predicted octanol–water partition coefficient (Wildman–Crippen LogP) is 3.63. The van der Waals surface area contributed by atoms with E-state index in [4.69, 9.17) is 0 Å². The highest BCUT2D eigenvalue weighted by Crippen LogP contribution is 2.19. The topological polar surface area (TPSA) is 51.0 Å². The number of hydrogen-bond donors (Lipinski definition) is 0. The second-order valence-corrected chi connectivity index (χ2v) is 6.42. The summed E-state index contributed by atoms with van der Waals surface area (Å²) in [6, 6.07) is 9.98. The Kier molecular flexibility index (Phi) is 4.62. The van der Waals surface area contributed by atoms with Crippen molar-refractivity contribution in [2.24, 2.45) is 0 Å². The highest BCUT2D eigenvalue weighted by Gasteiger charge is 2.16. The summed E-state index contributed by atoms with van der Waals surface area (Å²) in [6.07, 6.45) is 0. The molecule has 0 saturated carbocycles. The molecule has 0 unspecified atom stereocenters. The molecule has 0 saturated heterocycles. The van der Waals surface area contributed by atoms with Crippen molar-refractivity contribution in [1.82, 2.24) is 19.9 Å². The number of benzene rings is 2. The third-order valence-corrected chi connectivity index (χ3v) is 4.32. The van der Waals surface area contributed by atoms with Gasteiger partial charge in [0.2, 0.25) is 0 Å². The van der Waals surface area contributed by atoms with E-state index >= 15 is 0 Å². The molecule has 0 aliphatic rings. The van der Waals surface area contributed by atoms with Crippen molar-refractivity contribution >= 4 is 32.9 Å². The van der Waals surface area contributed by atoms with E-state index in [-0.39, 0.29) is 18.3 Å². The average Bonchev–Trinajstić information content (AvgIpc) is 2.99. The summed E-state index contributed by atoms with van der Waals surface area (Å²) in [5, 5.41) is 8.11. The summed E-state index contributed by atoms with van der Waals surface area (Å²) in [4.78, 5) is 14.1. The molecule has 124 valence electrons. The number of halogens is 2. The number of fused-ring (bicyclic) bond motifs is 1. The number of aromatic nitrogens is 3. The normalized spacial score (nSPS) is 11.0. The minimum atomic E-state index is -0.334. The third kappa shape index (κ3) is 3.17. The van der Waals surface area contributed by atoms with Gasteiger partial charge >= 0.3 is 0 Å². The van der Waals surface area contributed by atoms with Crippen molar-refractivity contribution in [3.8, 4) is 0 Å². The van der Waals surface area contributed by atoms with Crippen molar-refractivity contribution in [3.63, 3.8) is 0 Å². The molecule has 7 heteroatoms. The quantitative estimate of drug-likeness (QED) is 0.683. The van der Waals surface area contributed by atoms with Gasteiger partial charge in [-0.2, -0.15) is 0 Å². The van der Waals surface area contributed by atoms with E-state index in [9.17, 15) is 9.18 Å². The fourth-order valence-electron chi connectivity index (χ4n) is 2.55. The molecule has 2 aromatic carbocycles. The van der Waals surface area contributed by atoms with Gasteiger partial charge in [-0.25, -0.2) is 9.07 Å². The largest absolute Gasteiger partial charge is 0.337 e. The molecule has 5 nitrogen and oxygen atoms in total. The van der Waals surface area contributed by atoms with Gasteiger partial charge in [-0.3, -0.25) is 4.79 Å². The van der Waals surface area contributed by atoms with Crippen LogP contribution < -0.4 is 0 Å². The minimum absolute atomic E-state index is 0.184. The van der Waals surface area contributed by atoms with Gasteiger partial charge in [0, 0.05) is 35.7 Å². The van der Waals surface area contributed by atoms with E-state index in [0.717, 1.165) is 9.99 Å². The van der Waals surface area contributed by atoms with Gasteiger partial charge in [0.05, 0.1) is 5.52 Å². The van der Waals surface area contributed by atoms with Gasteiger partial charge < -0.3 is 4.90 Å². The Balaban J connectivity index is 1.84. The Labute approximate surface area is 147 Å². The summed E-state index contributed by atoms with van der Waals surface area (Å²) in [5.41, 5.74) is 2.52. The van der Waals surface area contributed by atoms with Crippen LogP contribution >= 0.6 is 15.9 Å². The van der Waals surface area contributed by atoms with Crippen LogP contribution in [0.15, 0.2) is 40.9 Å². The molecular formula is C17H16BrFN4O. The van der Waals surface area contributed by atoms with Crippen LogP contribution in [0.2, 0.25) is 0 Å². The lowest BCUT2D eigenvalue weighted by atomic mass is 10.1. The van der Waals surface area contributed by atoms with Crippen LogP contribution in [0.4, 0.5) is 4.39 Å². The van der Waals surface area contributed by atoms with E-state index in [2.05, 4.69) is 26.2 Å². The smallest absolute Gasteiger partial charge is 0.253 e. The summed E-state index contributed by atoms with van der Waals surface area (Å²) < 4.78 is 16.4. The standard InChI is InChI=1S/C17H16BrFN4O/c1-3-23-16-7-4-11(9-15(16)20-21-23)17(24)22(2)10-12-8-13(18)5-6-14(12)19/h4-9H,3,10H2,1-2H3. The highest BCUT2D eigenvalue weighted by atomic mass is 79.9. The van der Waals surface area contributed by atoms with E-state index in [1.54, 1.807) is 36.0 Å². The van der Waals surface area contributed by atoms with Gasteiger partial charge in [-0.05, 0) is 43.3 Å². The Morgan fingerprint density at radius 1 is 1.29 bits per heavy atom. The van der Waals surface area contributed by atoms with Crippen molar-refractivity contribution in [1.29, 1.82) is 0 Å². The SMILES string of the molecule is CCn1nnc2cc(C(=O)N(C)Cc3cc(Br)ccc3F)ccc21. The number of rotatable bonds is 4. The second-order valence-electron chi connectivity index (χ2n) is 5.51. The van der Waals surface area contributed by atoms with Crippen molar-refractivity contribution in [3.05, 3.63) is 57.8 Å². The Hall–Kier alpha value is -2.28. The van der Waals surface area contributed by atoms with Crippen LogP contribution in [0.1, 0.15) is 22.8 Å². The lowest BCUT2D eigenvalue weighted by Crippen LogP contribution is -2.26. The molecule has 0 fully saturated rings. The zero-order valence-corrected chi connectivity index (χ0v) is 14.9. The zero-order valence-electron chi connectivity index (χ0n) is 13.3. The summed E-state index contributed by atoms with van der Waals surface area (Å²) in [5.74, 6) is -0.526. The Morgan fingerprint density at radius 3 is 2.83 bits per heavy atom. The Bertz CT molecular complexity index is 909. The van der Waals surface area contributed by atoms with E-state index in [0.29, 0.717) is 23.2 Å². The van der Waals surface area contributed by atoms with Crippen LogP contribution in [0, 0.1) is 5.82 Å². The van der Waals surface area contributed by atoms with Gasteiger partial charge in [0.1, 0.15) is 11.3 Å². The second kappa shape index (κ2) is 6.68. The predicted molar refractivity (Wildman–Crippen MR) is 93.1 cm³/mol. The molecule has 3 rings (SSSR count). The van der Waals surface area contributed by atoms with Crippen LogP contribution in [0.3, 0.4) is 0 Å². The van der Waals surface area contributed by atoms with Crippen LogP contribution in [-0.2, 0) is 13.1 Å². The molecule has 24 heavy (non-hydrogen) atoms. The van der Waals surface area contributed by atoms with Gasteiger partial charge in [-0.15, -0.1) is 5.10 Å². The monoisotopic (exact) mass is 390 g/mol. The number of carbonyl (C=O) groups excluding carboxylic acids is 1. The number of carbonyl (C=O) groups is 1. The minimum Gasteiger partial charge on any atom is -0.337 e. The molecule has 0 spiro atoms. The number of hydrogen-bond acceptors (Lipinski definition) is 3. The fraction of sp³-hybridized carbons (Fsp3) is 0.235. The first-order chi connectivity index (χ1) is 11.5. The maximum atomic E-state index is 13.9. The van der Waals surface area contributed by atoms with Gasteiger partial charge in [0.25, 0.3) is 5.91 Å². The molecule has 0 aliphatic carbocycles. The molecule has 1 amide bonds. The van der Waals surface area contributed by atoms with E-state index in [1.807, 2.05) is 13.0 Å². The first-order valence-corrected chi connectivity index (χ1v) is 8.31. The van der Waals surface area contributed by atoms with Crippen LogP contribution in [0.5, 0.6) is 0 Å². The molecule has 0 bridgehead atoms. The molecule has 0 N–H and O–H groups in total. The molecule has 0 atom stereocenters. The average molecular weight is 391 g/mol. The summed E-state index contributed by atoms with van der Waals surface area (Å²) in [6.45, 7) is 2.88. The summed E-state index contributed by atoms with van der Waals surface area (Å²) in [7, 11) is 1.65. The maximum absolute atomic E-state index is 13.9. The molecule has 3 aromatic rings. The number of aryl methyl sites for hydroxylation is 1. The van der Waals surface area contributed by atoms with Crippen molar-refractivity contribution < 1.29 is 9.18 Å². The molecule has 0 aliphatic heterocycles. The highest BCUT2D eigenvalue weighted by molar-refractivity contribution is 9.10.